The average molecular weight is 642 g/mol. The Balaban J connectivity index is 0.000000402. The van der Waals surface area contributed by atoms with Crippen molar-refractivity contribution < 1.29 is 33.7 Å². The summed E-state index contributed by atoms with van der Waals surface area (Å²) in [5, 5.41) is 9.40. The molecule has 8 nitrogen and oxygen atoms in total. The van der Waals surface area contributed by atoms with Crippen LogP contribution in [0.25, 0.3) is 0 Å². The van der Waals surface area contributed by atoms with Gasteiger partial charge in [0.05, 0.1) is 24.6 Å². The lowest BCUT2D eigenvalue weighted by molar-refractivity contribution is -0.149. The molecule has 2 saturated carbocycles. The van der Waals surface area contributed by atoms with E-state index < -0.39 is 5.97 Å². The number of unbranched alkanes of at least 4 members (excludes halogenated alkanes) is 1. The highest BCUT2D eigenvalue weighted by atomic mass is 16.6. The van der Waals surface area contributed by atoms with Crippen LogP contribution in [0, 0.1) is 46.3 Å². The summed E-state index contributed by atoms with van der Waals surface area (Å²) < 4.78 is 16.1. The number of esters is 1. The number of nitrogens with two attached hydrogens (primary N) is 1. The number of carbonyl (C=O) groups excluding carboxylic acids is 3. The summed E-state index contributed by atoms with van der Waals surface area (Å²) in [4.78, 5) is 36.9. The molecule has 5 rings (SSSR count). The van der Waals surface area contributed by atoms with Crippen LogP contribution in [0.1, 0.15) is 98.8 Å². The summed E-state index contributed by atoms with van der Waals surface area (Å²) in [5.74, 6) is 1.87. The van der Waals surface area contributed by atoms with Crippen LogP contribution in [0.15, 0.2) is 36.1 Å². The summed E-state index contributed by atoms with van der Waals surface area (Å²) in [6.45, 7) is 16.2. The molecule has 2 saturated heterocycles. The van der Waals surface area contributed by atoms with E-state index >= 15 is 0 Å². The number of ether oxygens (including phenoxy) is 3. The number of allylic oxidation sites excluding steroid dienone is 5. The molecule has 258 valence electrons. The molecule has 5 aliphatic rings. The van der Waals surface area contributed by atoms with Crippen molar-refractivity contribution in [1.82, 2.24) is 0 Å². The van der Waals surface area contributed by atoms with Gasteiger partial charge in [0, 0.05) is 37.2 Å². The molecule has 8 unspecified atom stereocenters. The standard InChI is InChI=1S/C31H46O5.C7H13NO2/c1-20(9-7-8-10-22(3)32)17-31(6)27(15-21(2)29(31)28(35)19-36-23(4)33)24-11-12-25-16-26(34)13-14-30(25,5)18-24;8-3-5-4-10-6-1-2-9-7(5)6/h13-14,16,20-21,24,27,29,32H,3,7-12,15,17-19H2,1-2,4-6H3;5-7H,1-4,8H2/t;5?,6-,7-/m.1/s1. The first kappa shape index (κ1) is 36.5. The molecule has 4 fully saturated rings. The van der Waals surface area contributed by atoms with Crippen LogP contribution in [0.4, 0.5) is 0 Å². The zero-order chi connectivity index (χ0) is 33.6. The lowest BCUT2D eigenvalue weighted by Gasteiger charge is -2.47. The molecule has 3 N–H and O–H groups in total. The van der Waals surface area contributed by atoms with Gasteiger partial charge in [0.2, 0.25) is 0 Å². The van der Waals surface area contributed by atoms with Crippen molar-refractivity contribution in [2.45, 2.75) is 111 Å². The third-order valence-electron chi connectivity index (χ3n) is 11.8. The van der Waals surface area contributed by atoms with Gasteiger partial charge >= 0.3 is 5.97 Å². The van der Waals surface area contributed by atoms with Crippen molar-refractivity contribution in [3.05, 3.63) is 36.1 Å². The van der Waals surface area contributed by atoms with Crippen molar-refractivity contribution >= 4 is 17.5 Å². The number of hydrogen-bond acceptors (Lipinski definition) is 8. The molecule has 10 atom stereocenters. The van der Waals surface area contributed by atoms with Gasteiger partial charge in [-0.25, -0.2) is 0 Å². The fraction of sp³-hybridized carbons (Fsp3) is 0.763. The van der Waals surface area contributed by atoms with E-state index in [1.807, 2.05) is 6.08 Å². The van der Waals surface area contributed by atoms with Gasteiger partial charge in [0.1, 0.15) is 6.61 Å². The Labute approximate surface area is 276 Å². The molecular formula is C38H59NO7. The van der Waals surface area contributed by atoms with Gasteiger partial charge in [-0.3, -0.25) is 14.4 Å². The van der Waals surface area contributed by atoms with Crippen molar-refractivity contribution in [3.8, 4) is 0 Å². The Morgan fingerprint density at radius 1 is 1.22 bits per heavy atom. The first-order valence-corrected chi connectivity index (χ1v) is 17.7. The molecule has 0 aromatic heterocycles. The van der Waals surface area contributed by atoms with Crippen LogP contribution in [-0.4, -0.2) is 61.2 Å². The molecule has 2 aliphatic heterocycles. The van der Waals surface area contributed by atoms with Gasteiger partial charge in [0.25, 0.3) is 0 Å². The van der Waals surface area contributed by atoms with Crippen molar-refractivity contribution in [3.63, 3.8) is 0 Å². The molecule has 3 aliphatic carbocycles. The second kappa shape index (κ2) is 15.7. The van der Waals surface area contributed by atoms with Crippen LogP contribution in [0.2, 0.25) is 0 Å². The quantitative estimate of drug-likeness (QED) is 0.137. The van der Waals surface area contributed by atoms with E-state index in [4.69, 9.17) is 19.9 Å². The van der Waals surface area contributed by atoms with E-state index in [2.05, 4.69) is 40.3 Å². The second-order valence-electron chi connectivity index (χ2n) is 15.5. The Kier molecular flexibility index (Phi) is 12.5. The fourth-order valence-corrected chi connectivity index (χ4v) is 9.72. The summed E-state index contributed by atoms with van der Waals surface area (Å²) >= 11 is 0. The van der Waals surface area contributed by atoms with Crippen LogP contribution in [0.3, 0.4) is 0 Å². The second-order valence-corrected chi connectivity index (χ2v) is 15.5. The predicted octanol–water partition coefficient (Wildman–Crippen LogP) is 6.68. The van der Waals surface area contributed by atoms with Crippen molar-refractivity contribution in [2.24, 2.45) is 52.1 Å². The van der Waals surface area contributed by atoms with Gasteiger partial charge < -0.3 is 25.1 Å². The molecular weight excluding hydrogens is 582 g/mol. The first-order valence-electron chi connectivity index (χ1n) is 17.7. The molecule has 0 spiro atoms. The third kappa shape index (κ3) is 8.59. The topological polar surface area (TPSA) is 125 Å². The molecule has 0 aromatic carbocycles. The number of rotatable bonds is 12. The summed E-state index contributed by atoms with van der Waals surface area (Å²) in [7, 11) is 0. The molecule has 0 radical (unpaired) electrons. The molecule has 0 aromatic rings. The maximum absolute atomic E-state index is 13.5. The fourth-order valence-electron chi connectivity index (χ4n) is 9.72. The summed E-state index contributed by atoms with van der Waals surface area (Å²) in [6.07, 6.45) is 16.0. The van der Waals surface area contributed by atoms with E-state index in [0.717, 1.165) is 71.0 Å². The van der Waals surface area contributed by atoms with Crippen LogP contribution in [0.5, 0.6) is 0 Å². The largest absolute Gasteiger partial charge is 0.513 e. The maximum Gasteiger partial charge on any atom is 0.303 e. The number of carbonyl (C=O) groups is 3. The highest BCUT2D eigenvalue weighted by molar-refractivity contribution is 6.01. The minimum absolute atomic E-state index is 0.0530. The number of ketones is 2. The van der Waals surface area contributed by atoms with Crippen LogP contribution in [-0.2, 0) is 28.6 Å². The number of aliphatic hydroxyl groups is 1. The molecule has 2 heterocycles. The van der Waals surface area contributed by atoms with Gasteiger partial charge in [-0.15, -0.1) is 0 Å². The van der Waals surface area contributed by atoms with Gasteiger partial charge in [-0.05, 0) is 92.7 Å². The zero-order valence-electron chi connectivity index (χ0n) is 28.9. The monoisotopic (exact) mass is 641 g/mol. The number of fused-ring (bicyclic) bond motifs is 2. The molecule has 0 bridgehead atoms. The highest BCUT2D eigenvalue weighted by Gasteiger charge is 2.56. The van der Waals surface area contributed by atoms with E-state index in [1.54, 1.807) is 6.08 Å². The minimum atomic E-state index is -0.413. The van der Waals surface area contributed by atoms with Gasteiger partial charge in [-0.1, -0.05) is 58.8 Å². The average Bonchev–Trinajstić information content (AvgIpc) is 3.68. The molecule has 46 heavy (non-hydrogen) atoms. The zero-order valence-corrected chi connectivity index (χ0v) is 28.9. The van der Waals surface area contributed by atoms with Crippen LogP contribution >= 0.6 is 0 Å². The lowest BCUT2D eigenvalue weighted by atomic mass is 9.56. The number of aliphatic hydroxyl groups excluding tert-OH is 1. The van der Waals surface area contributed by atoms with Crippen molar-refractivity contribution in [2.75, 3.05) is 26.4 Å². The number of hydrogen-bond donors (Lipinski definition) is 2. The molecule has 0 amide bonds. The lowest BCUT2D eigenvalue weighted by Crippen LogP contribution is -2.42. The maximum atomic E-state index is 13.5. The predicted molar refractivity (Wildman–Crippen MR) is 179 cm³/mol. The van der Waals surface area contributed by atoms with Gasteiger partial charge in [-0.2, -0.15) is 0 Å². The van der Waals surface area contributed by atoms with Gasteiger partial charge in [0.15, 0.2) is 11.6 Å². The van der Waals surface area contributed by atoms with E-state index in [1.165, 1.54) is 12.5 Å². The van der Waals surface area contributed by atoms with Crippen molar-refractivity contribution in [1.29, 1.82) is 0 Å². The first-order chi connectivity index (χ1) is 21.8. The SMILES string of the molecule is C=C(O)CCCCC(C)CC1(C)C(C2CCC3=CC(=O)C=CC3(C)C2)CC(C)C1C(=O)COC(C)=O.NCC1CO[C@@H]2CCO[C@H]12. The van der Waals surface area contributed by atoms with Crippen LogP contribution < -0.4 is 5.73 Å². The minimum Gasteiger partial charge on any atom is -0.513 e. The Morgan fingerprint density at radius 3 is 2.67 bits per heavy atom. The summed E-state index contributed by atoms with van der Waals surface area (Å²) in [6, 6.07) is 0. The Hall–Kier alpha value is -2.29. The number of Topliss-reactive ketones (excluding diaryl/α,β-unsaturated/α-hetero) is 1. The third-order valence-corrected chi connectivity index (χ3v) is 11.8. The molecule has 8 heteroatoms. The van der Waals surface area contributed by atoms with E-state index in [-0.39, 0.29) is 46.6 Å². The van der Waals surface area contributed by atoms with E-state index in [9.17, 15) is 19.5 Å². The van der Waals surface area contributed by atoms with E-state index in [0.29, 0.717) is 48.8 Å². The Morgan fingerprint density at radius 2 is 1.98 bits per heavy atom. The normalized spacial score (nSPS) is 37.0. The summed E-state index contributed by atoms with van der Waals surface area (Å²) in [5.41, 5.74) is 6.52. The highest BCUT2D eigenvalue weighted by Crippen LogP contribution is 2.61. The Bertz CT molecular complexity index is 1180. The smallest absolute Gasteiger partial charge is 0.303 e.